The molecule has 0 fully saturated rings. The molecule has 6 heteroatoms. The number of nitrogens with zero attached hydrogens (tertiary/aromatic N) is 2. The maximum absolute atomic E-state index is 10.9. The molecule has 5 nitrogen and oxygen atoms in total. The van der Waals surface area contributed by atoms with Gasteiger partial charge in [-0.1, -0.05) is 6.07 Å². The Bertz CT molecular complexity index is 360. The van der Waals surface area contributed by atoms with Gasteiger partial charge in [-0.2, -0.15) is 0 Å². The molecule has 0 spiro atoms. The van der Waals surface area contributed by atoms with Gasteiger partial charge in [0.15, 0.2) is 0 Å². The Labute approximate surface area is 102 Å². The van der Waals surface area contributed by atoms with Crippen LogP contribution in [0.3, 0.4) is 0 Å². The van der Waals surface area contributed by atoms with Gasteiger partial charge in [0, 0.05) is 13.7 Å². The Morgan fingerprint density at radius 1 is 1.62 bits per heavy atom. The van der Waals surface area contributed by atoms with Crippen LogP contribution in [-0.4, -0.2) is 41.3 Å². The molecule has 0 aliphatic heterocycles. The number of hydrogen-bond donors (Lipinski definition) is 1. The van der Waals surface area contributed by atoms with Crippen LogP contribution in [0.5, 0.6) is 0 Å². The molecule has 88 valence electrons. The summed E-state index contributed by atoms with van der Waals surface area (Å²) < 4.78 is 5.55. The summed E-state index contributed by atoms with van der Waals surface area (Å²) in [5.41, 5.74) is 0.702. The van der Waals surface area contributed by atoms with E-state index in [1.807, 2.05) is 6.07 Å². The van der Waals surface area contributed by atoms with Crippen molar-refractivity contribution in [3.05, 3.63) is 28.5 Å². The molecule has 0 aliphatic rings. The number of methoxy groups -OCH3 is 1. The van der Waals surface area contributed by atoms with Crippen LogP contribution < -0.4 is 0 Å². The highest BCUT2D eigenvalue weighted by molar-refractivity contribution is 9.10. The van der Waals surface area contributed by atoms with Crippen molar-refractivity contribution in [3.8, 4) is 0 Å². The van der Waals surface area contributed by atoms with E-state index >= 15 is 0 Å². The molecule has 0 aromatic carbocycles. The van der Waals surface area contributed by atoms with Crippen LogP contribution in [-0.2, 0) is 11.3 Å². The first-order valence-corrected chi connectivity index (χ1v) is 5.51. The molecule has 0 aliphatic carbocycles. The normalized spacial score (nSPS) is 10.1. The van der Waals surface area contributed by atoms with Gasteiger partial charge in [0.1, 0.15) is 4.60 Å². The van der Waals surface area contributed by atoms with Gasteiger partial charge in [-0.3, -0.25) is 0 Å². The second kappa shape index (κ2) is 6.44. The summed E-state index contributed by atoms with van der Waals surface area (Å²) in [6, 6.07) is 5.40. The maximum Gasteiger partial charge on any atom is 0.407 e. The maximum atomic E-state index is 10.9. The van der Waals surface area contributed by atoms with Crippen molar-refractivity contribution in [2.75, 3.05) is 20.3 Å². The van der Waals surface area contributed by atoms with Crippen molar-refractivity contribution >= 4 is 22.0 Å². The molecule has 1 aromatic rings. The number of halogens is 1. The van der Waals surface area contributed by atoms with Gasteiger partial charge in [-0.15, -0.1) is 0 Å². The summed E-state index contributed by atoms with van der Waals surface area (Å²) in [4.78, 5) is 16.4. The van der Waals surface area contributed by atoms with Crippen molar-refractivity contribution in [1.82, 2.24) is 9.88 Å². The molecule has 0 atom stereocenters. The topological polar surface area (TPSA) is 62.7 Å². The summed E-state index contributed by atoms with van der Waals surface area (Å²) >= 11 is 3.24. The third-order valence-electron chi connectivity index (χ3n) is 1.96. The van der Waals surface area contributed by atoms with Crippen LogP contribution in [0.2, 0.25) is 0 Å². The lowest BCUT2D eigenvalue weighted by molar-refractivity contribution is 0.115. The van der Waals surface area contributed by atoms with Crippen molar-refractivity contribution in [2.24, 2.45) is 0 Å². The molecular formula is C10H13BrN2O3. The van der Waals surface area contributed by atoms with E-state index in [1.54, 1.807) is 12.1 Å². The fraction of sp³-hybridized carbons (Fsp3) is 0.400. The molecule has 1 heterocycles. The largest absolute Gasteiger partial charge is 0.465 e. The Morgan fingerprint density at radius 3 is 2.94 bits per heavy atom. The van der Waals surface area contributed by atoms with Crippen molar-refractivity contribution in [2.45, 2.75) is 6.54 Å². The zero-order valence-corrected chi connectivity index (χ0v) is 10.5. The Kier molecular flexibility index (Phi) is 5.21. The molecule has 1 N–H and O–H groups in total. The number of ether oxygens (including phenoxy) is 1. The lowest BCUT2D eigenvalue weighted by atomic mass is 10.3. The Hall–Kier alpha value is -1.14. The van der Waals surface area contributed by atoms with Gasteiger partial charge in [-0.25, -0.2) is 9.78 Å². The van der Waals surface area contributed by atoms with E-state index in [-0.39, 0.29) is 6.54 Å². The molecule has 0 unspecified atom stereocenters. The standard InChI is InChI=1S/C10H13BrN2O3/c1-16-6-5-13(10(14)15)7-8-3-2-4-9(11)12-8/h2-4H,5-7H2,1H3,(H,14,15). The number of carboxylic acid groups (broad SMARTS) is 1. The number of amides is 1. The summed E-state index contributed by atoms with van der Waals surface area (Å²) in [6.45, 7) is 0.971. The first-order chi connectivity index (χ1) is 7.63. The molecular weight excluding hydrogens is 276 g/mol. The molecule has 1 rings (SSSR count). The smallest absolute Gasteiger partial charge is 0.407 e. The van der Waals surface area contributed by atoms with E-state index in [0.29, 0.717) is 23.4 Å². The number of hydrogen-bond acceptors (Lipinski definition) is 3. The third kappa shape index (κ3) is 4.16. The van der Waals surface area contributed by atoms with Gasteiger partial charge in [0.2, 0.25) is 0 Å². The van der Waals surface area contributed by atoms with Crippen LogP contribution in [0, 0.1) is 0 Å². The highest BCUT2D eigenvalue weighted by atomic mass is 79.9. The molecule has 1 amide bonds. The van der Waals surface area contributed by atoms with E-state index in [4.69, 9.17) is 9.84 Å². The highest BCUT2D eigenvalue weighted by Crippen LogP contribution is 2.08. The van der Waals surface area contributed by atoms with E-state index in [1.165, 1.54) is 12.0 Å². The predicted molar refractivity (Wildman–Crippen MR) is 62.2 cm³/mol. The van der Waals surface area contributed by atoms with E-state index in [2.05, 4.69) is 20.9 Å². The monoisotopic (exact) mass is 288 g/mol. The van der Waals surface area contributed by atoms with Crippen molar-refractivity contribution < 1.29 is 14.6 Å². The molecule has 0 radical (unpaired) electrons. The van der Waals surface area contributed by atoms with Gasteiger partial charge in [0.25, 0.3) is 0 Å². The lowest BCUT2D eigenvalue weighted by Crippen LogP contribution is -2.32. The number of aromatic nitrogens is 1. The van der Waals surface area contributed by atoms with Gasteiger partial charge in [0.05, 0.1) is 18.8 Å². The van der Waals surface area contributed by atoms with Crippen LogP contribution in [0.25, 0.3) is 0 Å². The number of rotatable bonds is 5. The predicted octanol–water partition coefficient (Wildman–Crippen LogP) is 1.97. The number of pyridine rings is 1. The van der Waals surface area contributed by atoms with Crippen LogP contribution in [0.4, 0.5) is 4.79 Å². The van der Waals surface area contributed by atoms with E-state index in [9.17, 15) is 4.79 Å². The van der Waals surface area contributed by atoms with Crippen molar-refractivity contribution in [1.29, 1.82) is 0 Å². The average Bonchev–Trinajstić information content (AvgIpc) is 2.24. The minimum Gasteiger partial charge on any atom is -0.465 e. The summed E-state index contributed by atoms with van der Waals surface area (Å²) in [7, 11) is 1.54. The zero-order chi connectivity index (χ0) is 12.0. The highest BCUT2D eigenvalue weighted by Gasteiger charge is 2.12. The Balaban J connectivity index is 2.64. The molecule has 16 heavy (non-hydrogen) atoms. The average molecular weight is 289 g/mol. The fourth-order valence-corrected chi connectivity index (χ4v) is 1.56. The van der Waals surface area contributed by atoms with Gasteiger partial charge in [-0.05, 0) is 28.1 Å². The summed E-state index contributed by atoms with van der Waals surface area (Å²) in [6.07, 6.45) is -0.973. The SMILES string of the molecule is COCCN(Cc1cccc(Br)n1)C(=O)O. The van der Waals surface area contributed by atoms with E-state index < -0.39 is 6.09 Å². The van der Waals surface area contributed by atoms with Crippen LogP contribution in [0.15, 0.2) is 22.8 Å². The van der Waals surface area contributed by atoms with Crippen molar-refractivity contribution in [3.63, 3.8) is 0 Å². The first-order valence-electron chi connectivity index (χ1n) is 4.71. The minimum atomic E-state index is -0.973. The van der Waals surface area contributed by atoms with Gasteiger partial charge < -0.3 is 14.7 Å². The molecule has 0 bridgehead atoms. The second-order valence-electron chi connectivity index (χ2n) is 3.15. The summed E-state index contributed by atoms with van der Waals surface area (Å²) in [5.74, 6) is 0. The first kappa shape index (κ1) is 12.9. The second-order valence-corrected chi connectivity index (χ2v) is 3.96. The van der Waals surface area contributed by atoms with Gasteiger partial charge >= 0.3 is 6.09 Å². The zero-order valence-electron chi connectivity index (χ0n) is 8.89. The minimum absolute atomic E-state index is 0.262. The molecule has 0 saturated carbocycles. The number of carbonyl (C=O) groups is 1. The molecule has 0 saturated heterocycles. The van der Waals surface area contributed by atoms with E-state index in [0.717, 1.165) is 0 Å². The lowest BCUT2D eigenvalue weighted by Gasteiger charge is -2.18. The Morgan fingerprint density at radius 2 is 2.38 bits per heavy atom. The van der Waals surface area contributed by atoms with Crippen LogP contribution in [0.1, 0.15) is 5.69 Å². The summed E-state index contributed by atoms with van der Waals surface area (Å²) in [5, 5.41) is 8.96. The fourth-order valence-electron chi connectivity index (χ4n) is 1.18. The third-order valence-corrected chi connectivity index (χ3v) is 2.40. The molecule has 1 aromatic heterocycles. The van der Waals surface area contributed by atoms with Crippen LogP contribution >= 0.6 is 15.9 Å². The quantitative estimate of drug-likeness (QED) is 0.842.